The fourth-order valence-corrected chi connectivity index (χ4v) is 1.37. The second-order valence-electron chi connectivity index (χ2n) is 2.25. The van der Waals surface area contributed by atoms with E-state index < -0.39 is 0 Å². The third-order valence-corrected chi connectivity index (χ3v) is 2.73. The second-order valence-corrected chi connectivity index (χ2v) is 3.73. The zero-order chi connectivity index (χ0) is 9.68. The normalized spacial score (nSPS) is 9.00. The van der Waals surface area contributed by atoms with Crippen LogP contribution < -0.4 is 4.57 Å². The number of rotatable bonds is 2. The summed E-state index contributed by atoms with van der Waals surface area (Å²) in [5.74, 6) is 2.34. The summed E-state index contributed by atoms with van der Waals surface area (Å²) < 4.78 is 2.46. The van der Waals surface area contributed by atoms with Crippen LogP contribution in [0.3, 0.4) is 0 Å². The summed E-state index contributed by atoms with van der Waals surface area (Å²) in [6.07, 6.45) is 5.59. The Morgan fingerprint density at radius 3 is 2.46 bits per heavy atom. The Labute approximate surface area is 86.8 Å². The smallest absolute Gasteiger partial charge is 0.253 e. The maximum absolute atomic E-state index is 7.12. The third-order valence-electron chi connectivity index (χ3n) is 1.47. The van der Waals surface area contributed by atoms with Crippen molar-refractivity contribution in [3.8, 4) is 0 Å². The van der Waals surface area contributed by atoms with Crippen LogP contribution in [-0.4, -0.2) is 16.3 Å². The van der Waals surface area contributed by atoms with Gasteiger partial charge in [-0.1, -0.05) is 18.3 Å². The van der Waals surface area contributed by atoms with Gasteiger partial charge in [0.15, 0.2) is 16.6 Å². The van der Waals surface area contributed by atoms with Crippen molar-refractivity contribution in [3.63, 3.8) is 0 Å². The van der Waals surface area contributed by atoms with Gasteiger partial charge in [0.05, 0.1) is 5.87 Å². The van der Waals surface area contributed by atoms with Crippen LogP contribution in [0.15, 0.2) is 30.6 Å². The molecule has 0 radical (unpaired) electrons. The van der Waals surface area contributed by atoms with Gasteiger partial charge in [-0.3, -0.25) is 5.41 Å². The molecule has 0 atom stereocenters. The first-order valence-corrected chi connectivity index (χ1v) is 5.27. The maximum atomic E-state index is 7.12. The van der Waals surface area contributed by atoms with Crippen molar-refractivity contribution in [1.29, 1.82) is 5.41 Å². The molecule has 2 nitrogen and oxygen atoms in total. The first-order valence-electron chi connectivity index (χ1n) is 3.64. The predicted molar refractivity (Wildman–Crippen MR) is 60.2 cm³/mol. The molecule has 1 N–H and O–H groups in total. The number of nitrogens with zero attached hydrogens (tertiary/aromatic N) is 1. The van der Waals surface area contributed by atoms with Crippen LogP contribution in [0.4, 0.5) is 0 Å². The van der Waals surface area contributed by atoms with Gasteiger partial charge in [0.25, 0.3) is 5.70 Å². The Bertz CT molecular complexity index is 353. The van der Waals surface area contributed by atoms with E-state index in [1.165, 1.54) is 11.8 Å². The lowest BCUT2D eigenvalue weighted by atomic mass is 10.4. The number of nitrogens with one attached hydrogen (secondary N) is 1. The molecule has 0 aliphatic rings. The second kappa shape index (κ2) is 4.92. The summed E-state index contributed by atoms with van der Waals surface area (Å²) in [6, 6.07) is 5.70. The van der Waals surface area contributed by atoms with Crippen LogP contribution in [0.2, 0.25) is 0 Å². The lowest BCUT2D eigenvalue weighted by Gasteiger charge is -1.95. The number of thiocarbonyl (C=S) groups is 1. The molecule has 0 spiro atoms. The highest BCUT2D eigenvalue weighted by Crippen LogP contribution is 2.05. The standard InChI is InChI=1S/C9H9N2S2/c1-13-9(12)8(7-10)11-5-3-2-4-6-11/h2-6,10H,1H3/q+1. The maximum Gasteiger partial charge on any atom is 0.297 e. The van der Waals surface area contributed by atoms with Gasteiger partial charge in [-0.2, -0.15) is 4.57 Å². The molecule has 0 unspecified atom stereocenters. The number of hydrogen-bond donors (Lipinski definition) is 1. The van der Waals surface area contributed by atoms with Crippen LogP contribution in [0.1, 0.15) is 0 Å². The molecule has 13 heavy (non-hydrogen) atoms. The van der Waals surface area contributed by atoms with Gasteiger partial charge >= 0.3 is 0 Å². The highest BCUT2D eigenvalue weighted by Gasteiger charge is 2.13. The molecular weight excluding hydrogens is 200 g/mol. The Morgan fingerprint density at radius 2 is 2.00 bits per heavy atom. The lowest BCUT2D eigenvalue weighted by molar-refractivity contribution is -0.574. The van der Waals surface area contributed by atoms with Gasteiger partial charge in [0.1, 0.15) is 0 Å². The first kappa shape index (κ1) is 10.1. The molecule has 66 valence electrons. The molecule has 4 heteroatoms. The molecule has 1 aromatic heterocycles. The van der Waals surface area contributed by atoms with Gasteiger partial charge in [-0.15, -0.1) is 11.8 Å². The number of hydrogen-bond acceptors (Lipinski definition) is 3. The highest BCUT2D eigenvalue weighted by molar-refractivity contribution is 8.23. The van der Waals surface area contributed by atoms with E-state index >= 15 is 0 Å². The topological polar surface area (TPSA) is 27.7 Å². The minimum Gasteiger partial charge on any atom is -0.253 e. The van der Waals surface area contributed by atoms with Gasteiger partial charge in [0, 0.05) is 12.1 Å². The van der Waals surface area contributed by atoms with Crippen molar-refractivity contribution in [2.75, 3.05) is 6.26 Å². The molecule has 0 saturated heterocycles. The monoisotopic (exact) mass is 209 g/mol. The average Bonchev–Trinajstić information content (AvgIpc) is 2.20. The zero-order valence-corrected chi connectivity index (χ0v) is 8.78. The molecular formula is C9H9N2S2+. The lowest BCUT2D eigenvalue weighted by Crippen LogP contribution is -2.34. The Kier molecular flexibility index (Phi) is 3.83. The van der Waals surface area contributed by atoms with Crippen molar-refractivity contribution < 1.29 is 4.57 Å². The van der Waals surface area contributed by atoms with Gasteiger partial charge in [-0.05, 0) is 6.26 Å². The van der Waals surface area contributed by atoms with Crippen molar-refractivity contribution in [3.05, 3.63) is 30.6 Å². The van der Waals surface area contributed by atoms with E-state index in [4.69, 9.17) is 17.6 Å². The molecule has 1 aromatic rings. The van der Waals surface area contributed by atoms with Gasteiger partial charge in [0.2, 0.25) is 0 Å². The Morgan fingerprint density at radius 1 is 1.38 bits per heavy atom. The quantitative estimate of drug-likeness (QED) is 0.348. The highest BCUT2D eigenvalue weighted by atomic mass is 32.2. The molecule has 0 aromatic carbocycles. The van der Waals surface area contributed by atoms with Crippen molar-refractivity contribution in [1.82, 2.24) is 0 Å². The summed E-state index contributed by atoms with van der Waals surface area (Å²) in [7, 11) is 0. The van der Waals surface area contributed by atoms with Crippen LogP contribution in [-0.2, 0) is 0 Å². The minimum atomic E-state index is 0.614. The summed E-state index contributed by atoms with van der Waals surface area (Å²) in [5, 5.41) is 7.12. The molecule has 0 aliphatic heterocycles. The van der Waals surface area contributed by atoms with Crippen molar-refractivity contribution in [2.24, 2.45) is 0 Å². The molecule has 0 aliphatic carbocycles. The summed E-state index contributed by atoms with van der Waals surface area (Å²) >= 11 is 6.52. The minimum absolute atomic E-state index is 0.614. The fourth-order valence-electron chi connectivity index (χ4n) is 0.865. The number of pyridine rings is 1. The third kappa shape index (κ3) is 2.49. The Hall–Kier alpha value is -0.960. The van der Waals surface area contributed by atoms with E-state index in [0.29, 0.717) is 9.89 Å². The van der Waals surface area contributed by atoms with E-state index in [9.17, 15) is 0 Å². The zero-order valence-electron chi connectivity index (χ0n) is 7.15. The summed E-state index contributed by atoms with van der Waals surface area (Å²) in [5.41, 5.74) is 0.614. The van der Waals surface area contributed by atoms with Gasteiger partial charge < -0.3 is 0 Å². The van der Waals surface area contributed by atoms with E-state index in [-0.39, 0.29) is 0 Å². The SMILES string of the molecule is CSC(=S)C(=C=N)[n+]1ccccc1. The van der Waals surface area contributed by atoms with E-state index in [1.54, 1.807) is 4.57 Å². The molecule has 1 heterocycles. The molecule has 0 bridgehead atoms. The largest absolute Gasteiger partial charge is 0.297 e. The summed E-state index contributed by atoms with van der Waals surface area (Å²) in [4.78, 5) is 0. The Balaban J connectivity index is 3.07. The van der Waals surface area contributed by atoms with Crippen LogP contribution in [0.25, 0.3) is 5.70 Å². The summed E-state index contributed by atoms with van der Waals surface area (Å²) in [6.45, 7) is 0. The number of thioether (sulfide) groups is 1. The molecule has 0 amide bonds. The van der Waals surface area contributed by atoms with E-state index in [1.807, 2.05) is 36.8 Å². The van der Waals surface area contributed by atoms with E-state index in [0.717, 1.165) is 0 Å². The fraction of sp³-hybridized carbons (Fsp3) is 0.111. The van der Waals surface area contributed by atoms with Gasteiger partial charge in [-0.25, -0.2) is 0 Å². The average molecular weight is 209 g/mol. The van der Waals surface area contributed by atoms with E-state index in [2.05, 4.69) is 5.87 Å². The predicted octanol–water partition coefficient (Wildman–Crippen LogP) is 1.75. The number of aromatic nitrogens is 1. The molecule has 0 fully saturated rings. The van der Waals surface area contributed by atoms with Crippen molar-refractivity contribution >= 4 is 39.7 Å². The van der Waals surface area contributed by atoms with Crippen LogP contribution in [0, 0.1) is 5.41 Å². The van der Waals surface area contributed by atoms with Crippen LogP contribution in [0.5, 0.6) is 0 Å². The molecule has 0 saturated carbocycles. The van der Waals surface area contributed by atoms with Crippen LogP contribution >= 0.6 is 24.0 Å². The van der Waals surface area contributed by atoms with Crippen molar-refractivity contribution in [2.45, 2.75) is 0 Å². The molecule has 1 rings (SSSR count). The first-order chi connectivity index (χ1) is 6.29.